The number of para-hydroxylation sites is 2. The second-order valence-corrected chi connectivity index (χ2v) is 2.92. The zero-order chi connectivity index (χ0) is 9.26. The molecular formula is C10H13N3. The molecule has 0 saturated carbocycles. The van der Waals surface area contributed by atoms with Crippen molar-refractivity contribution in [2.45, 2.75) is 13.5 Å². The highest BCUT2D eigenvalue weighted by Crippen LogP contribution is 2.18. The molecule has 0 aliphatic carbocycles. The fourth-order valence-corrected chi connectivity index (χ4v) is 1.59. The van der Waals surface area contributed by atoms with Crippen molar-refractivity contribution in [2.24, 2.45) is 0 Å². The molecule has 0 fully saturated rings. The number of imidazole rings is 1. The van der Waals surface area contributed by atoms with Gasteiger partial charge in [-0.15, -0.1) is 0 Å². The van der Waals surface area contributed by atoms with Crippen molar-refractivity contribution in [3.8, 4) is 0 Å². The Morgan fingerprint density at radius 3 is 2.85 bits per heavy atom. The van der Waals surface area contributed by atoms with Crippen LogP contribution in [0.15, 0.2) is 24.3 Å². The van der Waals surface area contributed by atoms with E-state index in [9.17, 15) is 0 Å². The molecule has 0 aliphatic heterocycles. The number of nitrogens with zero attached hydrogens (tertiary/aromatic N) is 2. The topological polar surface area (TPSA) is 29.9 Å². The molecule has 0 unspecified atom stereocenters. The Labute approximate surface area is 77.4 Å². The molecule has 0 bridgehead atoms. The molecule has 3 nitrogen and oxygen atoms in total. The van der Waals surface area contributed by atoms with Gasteiger partial charge in [0.1, 0.15) is 0 Å². The Kier molecular flexibility index (Phi) is 1.93. The van der Waals surface area contributed by atoms with E-state index in [2.05, 4.69) is 27.9 Å². The molecule has 0 saturated heterocycles. The second kappa shape index (κ2) is 3.09. The summed E-state index contributed by atoms with van der Waals surface area (Å²) in [5, 5.41) is 3.09. The lowest BCUT2D eigenvalue weighted by atomic mass is 10.3. The maximum atomic E-state index is 4.45. The smallest absolute Gasteiger partial charge is 0.203 e. The van der Waals surface area contributed by atoms with Crippen LogP contribution in [0.1, 0.15) is 6.92 Å². The van der Waals surface area contributed by atoms with Crippen molar-refractivity contribution in [1.82, 2.24) is 9.55 Å². The van der Waals surface area contributed by atoms with Crippen LogP contribution in [-0.2, 0) is 6.54 Å². The fourth-order valence-electron chi connectivity index (χ4n) is 1.59. The van der Waals surface area contributed by atoms with Crippen LogP contribution < -0.4 is 5.32 Å². The molecule has 1 aromatic heterocycles. The van der Waals surface area contributed by atoms with Gasteiger partial charge < -0.3 is 9.88 Å². The number of nitrogens with one attached hydrogen (secondary N) is 1. The predicted molar refractivity (Wildman–Crippen MR) is 55.0 cm³/mol. The first-order valence-electron chi connectivity index (χ1n) is 4.50. The van der Waals surface area contributed by atoms with Crippen LogP contribution in [-0.4, -0.2) is 16.6 Å². The van der Waals surface area contributed by atoms with E-state index < -0.39 is 0 Å². The van der Waals surface area contributed by atoms with Crippen LogP contribution in [0.4, 0.5) is 5.95 Å². The molecule has 2 aromatic rings. The number of aryl methyl sites for hydroxylation is 1. The minimum atomic E-state index is 0.934. The number of rotatable bonds is 2. The van der Waals surface area contributed by atoms with Crippen LogP contribution in [0.25, 0.3) is 11.0 Å². The lowest BCUT2D eigenvalue weighted by Gasteiger charge is -2.03. The minimum absolute atomic E-state index is 0.934. The van der Waals surface area contributed by atoms with Gasteiger partial charge in [-0.25, -0.2) is 4.98 Å². The molecule has 1 aromatic carbocycles. The van der Waals surface area contributed by atoms with Gasteiger partial charge in [0.2, 0.25) is 5.95 Å². The van der Waals surface area contributed by atoms with Crippen molar-refractivity contribution in [3.63, 3.8) is 0 Å². The Morgan fingerprint density at radius 2 is 2.15 bits per heavy atom. The number of benzene rings is 1. The minimum Gasteiger partial charge on any atom is -0.359 e. The second-order valence-electron chi connectivity index (χ2n) is 2.92. The average Bonchev–Trinajstić information content (AvgIpc) is 2.55. The Bertz CT molecular complexity index is 417. The highest BCUT2D eigenvalue weighted by atomic mass is 15.2. The molecule has 3 heteroatoms. The van der Waals surface area contributed by atoms with Gasteiger partial charge in [-0.05, 0) is 19.1 Å². The molecule has 0 radical (unpaired) electrons. The molecule has 0 spiro atoms. The van der Waals surface area contributed by atoms with Gasteiger partial charge in [0.05, 0.1) is 11.0 Å². The third-order valence-electron chi connectivity index (χ3n) is 2.19. The number of fused-ring (bicyclic) bond motifs is 1. The number of aromatic nitrogens is 2. The lowest BCUT2D eigenvalue weighted by Crippen LogP contribution is -2.01. The van der Waals surface area contributed by atoms with Crippen LogP contribution in [0, 0.1) is 0 Å². The summed E-state index contributed by atoms with van der Waals surface area (Å²) in [6.07, 6.45) is 0. The largest absolute Gasteiger partial charge is 0.359 e. The Balaban J connectivity index is 2.73. The summed E-state index contributed by atoms with van der Waals surface area (Å²) in [5.74, 6) is 0.934. The quantitative estimate of drug-likeness (QED) is 0.757. The van der Waals surface area contributed by atoms with Crippen molar-refractivity contribution >= 4 is 17.0 Å². The number of anilines is 1. The summed E-state index contributed by atoms with van der Waals surface area (Å²) in [5.41, 5.74) is 2.24. The van der Waals surface area contributed by atoms with Crippen molar-refractivity contribution in [3.05, 3.63) is 24.3 Å². The third kappa shape index (κ3) is 1.16. The number of hydrogen-bond acceptors (Lipinski definition) is 2. The first-order chi connectivity index (χ1) is 6.36. The molecule has 0 atom stereocenters. The van der Waals surface area contributed by atoms with E-state index in [0.717, 1.165) is 18.0 Å². The SMILES string of the molecule is CCn1c(NC)nc2ccccc21. The van der Waals surface area contributed by atoms with E-state index in [1.165, 1.54) is 5.52 Å². The van der Waals surface area contributed by atoms with Crippen LogP contribution in [0.3, 0.4) is 0 Å². The zero-order valence-corrected chi connectivity index (χ0v) is 7.91. The van der Waals surface area contributed by atoms with Crippen molar-refractivity contribution in [1.29, 1.82) is 0 Å². The Morgan fingerprint density at radius 1 is 1.38 bits per heavy atom. The first kappa shape index (κ1) is 8.10. The van der Waals surface area contributed by atoms with Gasteiger partial charge in [-0.3, -0.25) is 0 Å². The van der Waals surface area contributed by atoms with E-state index >= 15 is 0 Å². The van der Waals surface area contributed by atoms with Crippen LogP contribution in [0.5, 0.6) is 0 Å². The highest BCUT2D eigenvalue weighted by Gasteiger charge is 2.05. The molecule has 0 aliphatic rings. The van der Waals surface area contributed by atoms with Gasteiger partial charge in [-0.2, -0.15) is 0 Å². The van der Waals surface area contributed by atoms with Gasteiger partial charge in [0.15, 0.2) is 0 Å². The van der Waals surface area contributed by atoms with Crippen molar-refractivity contribution in [2.75, 3.05) is 12.4 Å². The summed E-state index contributed by atoms with van der Waals surface area (Å²) in [6, 6.07) is 8.17. The maximum absolute atomic E-state index is 4.45. The van der Waals surface area contributed by atoms with E-state index in [-0.39, 0.29) is 0 Å². The van der Waals surface area contributed by atoms with Crippen LogP contribution in [0.2, 0.25) is 0 Å². The normalized spacial score (nSPS) is 10.6. The molecule has 0 amide bonds. The van der Waals surface area contributed by atoms with E-state index in [1.54, 1.807) is 0 Å². The van der Waals surface area contributed by atoms with E-state index in [4.69, 9.17) is 0 Å². The standard InChI is InChI=1S/C10H13N3/c1-3-13-9-7-5-4-6-8(9)12-10(13)11-2/h4-7H,3H2,1-2H3,(H,11,12). The van der Waals surface area contributed by atoms with Gasteiger partial charge in [0, 0.05) is 13.6 Å². The van der Waals surface area contributed by atoms with Gasteiger partial charge in [-0.1, -0.05) is 12.1 Å². The number of hydrogen-bond donors (Lipinski definition) is 1. The predicted octanol–water partition coefficient (Wildman–Crippen LogP) is 2.10. The van der Waals surface area contributed by atoms with E-state index in [0.29, 0.717) is 0 Å². The van der Waals surface area contributed by atoms with E-state index in [1.807, 2.05) is 25.2 Å². The van der Waals surface area contributed by atoms with Crippen molar-refractivity contribution < 1.29 is 0 Å². The molecule has 1 heterocycles. The zero-order valence-electron chi connectivity index (χ0n) is 7.91. The van der Waals surface area contributed by atoms with Gasteiger partial charge in [0.25, 0.3) is 0 Å². The summed E-state index contributed by atoms with van der Waals surface area (Å²) >= 11 is 0. The van der Waals surface area contributed by atoms with Crippen LogP contribution >= 0.6 is 0 Å². The maximum Gasteiger partial charge on any atom is 0.203 e. The summed E-state index contributed by atoms with van der Waals surface area (Å²) in [6.45, 7) is 3.06. The molecule has 13 heavy (non-hydrogen) atoms. The first-order valence-corrected chi connectivity index (χ1v) is 4.50. The molecular weight excluding hydrogens is 162 g/mol. The summed E-state index contributed by atoms with van der Waals surface area (Å²) < 4.78 is 2.16. The fraction of sp³-hybridized carbons (Fsp3) is 0.300. The molecule has 68 valence electrons. The summed E-state index contributed by atoms with van der Waals surface area (Å²) in [4.78, 5) is 4.45. The lowest BCUT2D eigenvalue weighted by molar-refractivity contribution is 0.795. The Hall–Kier alpha value is -1.51. The average molecular weight is 175 g/mol. The van der Waals surface area contributed by atoms with Gasteiger partial charge >= 0.3 is 0 Å². The third-order valence-corrected chi connectivity index (χ3v) is 2.19. The monoisotopic (exact) mass is 175 g/mol. The summed E-state index contributed by atoms with van der Waals surface area (Å²) in [7, 11) is 1.90. The molecule has 2 rings (SSSR count). The highest BCUT2D eigenvalue weighted by molar-refractivity contribution is 5.78. The molecule has 1 N–H and O–H groups in total.